The molecule has 2 rings (SSSR count). The average molecular weight is 365 g/mol. The van der Waals surface area contributed by atoms with E-state index >= 15 is 0 Å². The number of hydrogen-bond donors (Lipinski definition) is 2. The predicted molar refractivity (Wildman–Crippen MR) is 94.2 cm³/mol. The van der Waals surface area contributed by atoms with Crippen LogP contribution in [0.5, 0.6) is 0 Å². The van der Waals surface area contributed by atoms with Gasteiger partial charge in [0.05, 0.1) is 25.0 Å². The fourth-order valence-corrected chi connectivity index (χ4v) is 2.00. The van der Waals surface area contributed by atoms with Gasteiger partial charge < -0.3 is 15.4 Å². The molecule has 1 heterocycles. The molecule has 0 unspecified atom stereocenters. The van der Waals surface area contributed by atoms with E-state index in [1.54, 1.807) is 13.0 Å². The van der Waals surface area contributed by atoms with Crippen molar-refractivity contribution in [1.82, 2.24) is 10.3 Å². The Hall–Kier alpha value is -3.03. The molecule has 0 aliphatic heterocycles. The van der Waals surface area contributed by atoms with E-state index in [1.165, 1.54) is 12.1 Å². The van der Waals surface area contributed by atoms with Crippen LogP contribution in [0.2, 0.25) is 0 Å². The molecule has 0 saturated heterocycles. The molecule has 1 aromatic carbocycles. The van der Waals surface area contributed by atoms with Crippen LogP contribution in [0.1, 0.15) is 35.5 Å². The van der Waals surface area contributed by atoms with Gasteiger partial charge in [-0.1, -0.05) is 19.9 Å². The molecule has 2 N–H and O–H groups in total. The smallest absolute Gasteiger partial charge is 0.341 e. The van der Waals surface area contributed by atoms with Gasteiger partial charge >= 0.3 is 5.97 Å². The van der Waals surface area contributed by atoms with E-state index in [0.29, 0.717) is 12.0 Å². The topological polar surface area (TPSA) is 80.3 Å². The number of methoxy groups -OCH3 is 1. The Morgan fingerprint density at radius 1 is 1.23 bits per heavy atom. The Morgan fingerprint density at radius 3 is 2.50 bits per heavy atom. The maximum atomic E-state index is 14.0. The minimum atomic E-state index is -0.827. The van der Waals surface area contributed by atoms with Gasteiger partial charge in [0, 0.05) is 0 Å². The lowest BCUT2D eigenvalue weighted by Gasteiger charge is -2.13. The number of halogens is 2. The number of benzene rings is 1. The molecule has 0 atom stereocenters. The second-order valence-corrected chi connectivity index (χ2v) is 4.91. The number of aryl methyl sites for hydroxylation is 1. The molecular formula is C18H21F2N3O3. The number of pyridine rings is 1. The summed E-state index contributed by atoms with van der Waals surface area (Å²) in [5.74, 6) is -2.25. The summed E-state index contributed by atoms with van der Waals surface area (Å²) in [5.41, 5.74) is 0.489. The first-order valence-electron chi connectivity index (χ1n) is 7.94. The lowest BCUT2D eigenvalue weighted by Crippen LogP contribution is -2.16. The molecule has 1 amide bonds. The van der Waals surface area contributed by atoms with E-state index in [2.05, 4.69) is 20.4 Å². The highest BCUT2D eigenvalue weighted by Crippen LogP contribution is 2.24. The molecule has 26 heavy (non-hydrogen) atoms. The Kier molecular flexibility index (Phi) is 8.14. The summed E-state index contributed by atoms with van der Waals surface area (Å²) in [6, 6.07) is 5.37. The van der Waals surface area contributed by atoms with Crippen LogP contribution >= 0.6 is 0 Å². The van der Waals surface area contributed by atoms with Gasteiger partial charge in [-0.15, -0.1) is 0 Å². The number of rotatable bonds is 6. The largest absolute Gasteiger partial charge is 0.465 e. The maximum absolute atomic E-state index is 14.0. The maximum Gasteiger partial charge on any atom is 0.341 e. The van der Waals surface area contributed by atoms with E-state index in [9.17, 15) is 18.4 Å². The fourth-order valence-electron chi connectivity index (χ4n) is 2.00. The van der Waals surface area contributed by atoms with Crippen molar-refractivity contribution >= 4 is 23.9 Å². The number of hydrogen-bond acceptors (Lipinski definition) is 5. The van der Waals surface area contributed by atoms with Crippen LogP contribution in [0.25, 0.3) is 0 Å². The SMILES string of the molecule is CC.COC(=O)c1cc(F)c(CNC=O)nc1Nc1ccc(C)cc1F. The summed E-state index contributed by atoms with van der Waals surface area (Å²) in [6.45, 7) is 5.55. The fraction of sp³-hybridized carbons (Fsp3) is 0.278. The van der Waals surface area contributed by atoms with Gasteiger partial charge in [0.15, 0.2) is 0 Å². The molecule has 0 radical (unpaired) electrons. The molecule has 1 aromatic heterocycles. The number of anilines is 2. The molecule has 6 nitrogen and oxygen atoms in total. The number of nitrogens with one attached hydrogen (secondary N) is 2. The van der Waals surface area contributed by atoms with Crippen molar-refractivity contribution in [2.24, 2.45) is 0 Å². The quantitative estimate of drug-likeness (QED) is 0.605. The molecule has 0 bridgehead atoms. The Bertz CT molecular complexity index is 783. The number of amides is 1. The zero-order valence-corrected chi connectivity index (χ0v) is 15.0. The second kappa shape index (κ2) is 10.1. The van der Waals surface area contributed by atoms with Crippen molar-refractivity contribution < 1.29 is 23.1 Å². The molecule has 8 heteroatoms. The van der Waals surface area contributed by atoms with Gasteiger partial charge in [0.1, 0.15) is 23.0 Å². The Balaban J connectivity index is 0.00000163. The van der Waals surface area contributed by atoms with Crippen molar-refractivity contribution in [3.05, 3.63) is 52.7 Å². The number of nitrogens with zero attached hydrogens (tertiary/aromatic N) is 1. The number of carbonyl (C=O) groups is 2. The van der Waals surface area contributed by atoms with Crippen molar-refractivity contribution in [1.29, 1.82) is 0 Å². The van der Waals surface area contributed by atoms with Gasteiger partial charge in [-0.05, 0) is 30.7 Å². The number of aromatic nitrogens is 1. The van der Waals surface area contributed by atoms with Gasteiger partial charge in [0.25, 0.3) is 0 Å². The first-order valence-corrected chi connectivity index (χ1v) is 7.94. The zero-order valence-electron chi connectivity index (χ0n) is 15.0. The van der Waals surface area contributed by atoms with Gasteiger partial charge in [-0.3, -0.25) is 4.79 Å². The summed E-state index contributed by atoms with van der Waals surface area (Å²) in [6.07, 6.45) is 0.391. The van der Waals surface area contributed by atoms with Crippen LogP contribution in [0, 0.1) is 18.6 Å². The average Bonchev–Trinajstić information content (AvgIpc) is 2.64. The normalized spacial score (nSPS) is 9.62. The summed E-state index contributed by atoms with van der Waals surface area (Å²) in [5, 5.41) is 4.93. The molecule has 0 saturated carbocycles. The van der Waals surface area contributed by atoms with E-state index in [4.69, 9.17) is 0 Å². The van der Waals surface area contributed by atoms with Crippen LogP contribution in [0.15, 0.2) is 24.3 Å². The highest BCUT2D eigenvalue weighted by Gasteiger charge is 2.19. The van der Waals surface area contributed by atoms with Crippen molar-refractivity contribution in [2.45, 2.75) is 27.3 Å². The van der Waals surface area contributed by atoms with Crippen LogP contribution in [0.3, 0.4) is 0 Å². The monoisotopic (exact) mass is 365 g/mol. The lowest BCUT2D eigenvalue weighted by molar-refractivity contribution is -0.109. The van der Waals surface area contributed by atoms with E-state index < -0.39 is 17.6 Å². The summed E-state index contributed by atoms with van der Waals surface area (Å²) < 4.78 is 32.6. The van der Waals surface area contributed by atoms with Crippen molar-refractivity contribution in [3.8, 4) is 0 Å². The van der Waals surface area contributed by atoms with Gasteiger partial charge in [-0.25, -0.2) is 18.6 Å². The minimum Gasteiger partial charge on any atom is -0.465 e. The van der Waals surface area contributed by atoms with Crippen LogP contribution in [-0.4, -0.2) is 24.5 Å². The third kappa shape index (κ3) is 5.23. The molecule has 0 fully saturated rings. The van der Waals surface area contributed by atoms with Gasteiger partial charge in [0.2, 0.25) is 6.41 Å². The highest BCUT2D eigenvalue weighted by molar-refractivity contribution is 5.95. The number of carbonyl (C=O) groups excluding carboxylic acids is 2. The van der Waals surface area contributed by atoms with Crippen molar-refractivity contribution in [2.75, 3.05) is 12.4 Å². The molecule has 0 aliphatic rings. The predicted octanol–water partition coefficient (Wildman–Crippen LogP) is 3.47. The van der Waals surface area contributed by atoms with Crippen LogP contribution in [-0.2, 0) is 16.1 Å². The standard InChI is InChI=1S/C16H15F2N3O3.C2H6/c1-9-3-4-13(11(17)5-9)20-15-10(16(23)24-2)6-12(18)14(21-15)7-19-8-22;1-2/h3-6,8H,7H2,1-2H3,(H,19,22)(H,20,21);1-2H3. The Morgan fingerprint density at radius 2 is 1.92 bits per heavy atom. The minimum absolute atomic E-state index is 0.0687. The number of ether oxygens (including phenoxy) is 1. The van der Waals surface area contributed by atoms with Crippen LogP contribution < -0.4 is 10.6 Å². The van der Waals surface area contributed by atoms with E-state index in [0.717, 1.165) is 13.2 Å². The van der Waals surface area contributed by atoms with Crippen molar-refractivity contribution in [3.63, 3.8) is 0 Å². The van der Waals surface area contributed by atoms with E-state index in [-0.39, 0.29) is 29.3 Å². The lowest BCUT2D eigenvalue weighted by atomic mass is 10.2. The Labute approximate surface area is 150 Å². The molecule has 0 spiro atoms. The third-order valence-electron chi connectivity index (χ3n) is 3.18. The molecular weight excluding hydrogens is 344 g/mol. The summed E-state index contributed by atoms with van der Waals surface area (Å²) >= 11 is 0. The molecule has 140 valence electrons. The molecule has 2 aromatic rings. The summed E-state index contributed by atoms with van der Waals surface area (Å²) in [4.78, 5) is 26.1. The second-order valence-electron chi connectivity index (χ2n) is 4.91. The van der Waals surface area contributed by atoms with Gasteiger partial charge in [-0.2, -0.15) is 0 Å². The first kappa shape index (κ1) is 21.0. The highest BCUT2D eigenvalue weighted by atomic mass is 19.1. The first-order chi connectivity index (χ1) is 12.5. The third-order valence-corrected chi connectivity index (χ3v) is 3.18. The van der Waals surface area contributed by atoms with Crippen LogP contribution in [0.4, 0.5) is 20.3 Å². The zero-order chi connectivity index (χ0) is 19.7. The number of esters is 1. The molecule has 0 aliphatic carbocycles. The van der Waals surface area contributed by atoms with E-state index in [1.807, 2.05) is 13.8 Å². The summed E-state index contributed by atoms with van der Waals surface area (Å²) in [7, 11) is 1.14.